The average molecular weight is 404 g/mol. The van der Waals surface area contributed by atoms with Crippen LogP contribution in [0.2, 0.25) is 0 Å². The number of carbonyl (C=O) groups excluding carboxylic acids is 2. The van der Waals surface area contributed by atoms with Crippen LogP contribution in [0.15, 0.2) is 35.7 Å². The summed E-state index contributed by atoms with van der Waals surface area (Å²) >= 11 is 1.37. The summed E-state index contributed by atoms with van der Waals surface area (Å²) in [5.74, 6) is 0.510. The highest BCUT2D eigenvalue weighted by molar-refractivity contribution is 7.12. The standard InChI is InChI=1S/C21H25NO5S/c1-13(2)21(20(24)27-14(3)4,11-16(23)19-6-5-9-28-19)22-15-7-8-17-18(10-15)26-12-25-17/h5-10,13-14,22H,11-12H2,1-4H3. The van der Waals surface area contributed by atoms with Crippen LogP contribution in [0.1, 0.15) is 43.8 Å². The largest absolute Gasteiger partial charge is 0.461 e. The fourth-order valence-corrected chi connectivity index (χ4v) is 3.74. The normalized spacial score (nSPS) is 14.8. The van der Waals surface area contributed by atoms with E-state index in [0.29, 0.717) is 22.1 Å². The van der Waals surface area contributed by atoms with Crippen LogP contribution in [-0.2, 0) is 9.53 Å². The fraction of sp³-hybridized carbons (Fsp3) is 0.429. The topological polar surface area (TPSA) is 73.9 Å². The van der Waals surface area contributed by atoms with Crippen molar-refractivity contribution < 1.29 is 23.8 Å². The lowest BCUT2D eigenvalue weighted by Gasteiger charge is -2.37. The maximum atomic E-state index is 13.2. The molecule has 6 nitrogen and oxygen atoms in total. The number of ether oxygens (including phenoxy) is 3. The van der Waals surface area contributed by atoms with Crippen LogP contribution >= 0.6 is 11.3 Å². The van der Waals surface area contributed by atoms with E-state index in [0.717, 1.165) is 0 Å². The van der Waals surface area contributed by atoms with Gasteiger partial charge in [-0.15, -0.1) is 11.3 Å². The molecule has 2 heterocycles. The van der Waals surface area contributed by atoms with Crippen molar-refractivity contribution in [2.45, 2.75) is 45.8 Å². The third kappa shape index (κ3) is 4.14. The van der Waals surface area contributed by atoms with Crippen molar-refractivity contribution in [3.8, 4) is 11.5 Å². The molecule has 28 heavy (non-hydrogen) atoms. The molecule has 0 radical (unpaired) electrons. The number of thiophene rings is 1. The molecule has 1 unspecified atom stereocenters. The van der Waals surface area contributed by atoms with Gasteiger partial charge < -0.3 is 19.5 Å². The molecule has 0 saturated carbocycles. The van der Waals surface area contributed by atoms with E-state index in [2.05, 4.69) is 5.32 Å². The molecule has 0 saturated heterocycles. The molecule has 7 heteroatoms. The first-order chi connectivity index (χ1) is 13.3. The number of hydrogen-bond donors (Lipinski definition) is 1. The van der Waals surface area contributed by atoms with Crippen LogP contribution < -0.4 is 14.8 Å². The highest BCUT2D eigenvalue weighted by Crippen LogP contribution is 2.37. The molecule has 1 aliphatic rings. The Morgan fingerprint density at radius 1 is 1.18 bits per heavy atom. The minimum absolute atomic E-state index is 0.00875. The van der Waals surface area contributed by atoms with Gasteiger partial charge in [0.25, 0.3) is 0 Å². The molecule has 0 bridgehead atoms. The Morgan fingerprint density at radius 3 is 2.57 bits per heavy atom. The van der Waals surface area contributed by atoms with Gasteiger partial charge in [-0.2, -0.15) is 0 Å². The first-order valence-electron chi connectivity index (χ1n) is 9.27. The Kier molecular flexibility index (Phi) is 5.93. The lowest BCUT2D eigenvalue weighted by molar-refractivity contribution is -0.154. The van der Waals surface area contributed by atoms with E-state index >= 15 is 0 Å². The van der Waals surface area contributed by atoms with Crippen LogP contribution in [0.4, 0.5) is 5.69 Å². The molecule has 0 spiro atoms. The van der Waals surface area contributed by atoms with Gasteiger partial charge in [0.05, 0.1) is 11.0 Å². The van der Waals surface area contributed by atoms with Gasteiger partial charge >= 0.3 is 5.97 Å². The second-order valence-electron chi connectivity index (χ2n) is 7.35. The molecular weight excluding hydrogens is 378 g/mol. The highest BCUT2D eigenvalue weighted by Gasteiger charge is 2.46. The zero-order valence-corrected chi connectivity index (χ0v) is 17.3. The predicted molar refractivity (Wildman–Crippen MR) is 108 cm³/mol. The number of Topliss-reactive ketones (excluding diaryl/α,β-unsaturated/α-hetero) is 1. The Bertz CT molecular complexity index is 846. The Balaban J connectivity index is 1.96. The van der Waals surface area contributed by atoms with E-state index in [1.165, 1.54) is 11.3 Å². The number of hydrogen-bond acceptors (Lipinski definition) is 7. The second-order valence-corrected chi connectivity index (χ2v) is 8.30. The zero-order chi connectivity index (χ0) is 20.3. The van der Waals surface area contributed by atoms with Crippen LogP contribution in [-0.4, -0.2) is 30.2 Å². The van der Waals surface area contributed by atoms with Gasteiger partial charge in [-0.1, -0.05) is 19.9 Å². The predicted octanol–water partition coefficient (Wildman–Crippen LogP) is 4.51. The summed E-state index contributed by atoms with van der Waals surface area (Å²) in [7, 11) is 0. The van der Waals surface area contributed by atoms with Gasteiger partial charge in [0.15, 0.2) is 17.3 Å². The third-order valence-electron chi connectivity index (χ3n) is 4.67. The van der Waals surface area contributed by atoms with Gasteiger partial charge in [0.2, 0.25) is 6.79 Å². The summed E-state index contributed by atoms with van der Waals surface area (Å²) in [6.07, 6.45) is -0.299. The van der Waals surface area contributed by atoms with E-state index in [4.69, 9.17) is 14.2 Å². The first-order valence-corrected chi connectivity index (χ1v) is 10.2. The van der Waals surface area contributed by atoms with Gasteiger partial charge in [0, 0.05) is 18.2 Å². The molecule has 1 N–H and O–H groups in total. The SMILES string of the molecule is CC(C)OC(=O)C(CC(=O)c1cccs1)(Nc1ccc2c(c1)OCO2)C(C)C. The smallest absolute Gasteiger partial charge is 0.332 e. The fourth-order valence-electron chi connectivity index (χ4n) is 3.08. The highest BCUT2D eigenvalue weighted by atomic mass is 32.1. The molecule has 1 aromatic carbocycles. The van der Waals surface area contributed by atoms with Crippen molar-refractivity contribution in [2.24, 2.45) is 5.92 Å². The van der Waals surface area contributed by atoms with E-state index in [-0.39, 0.29) is 31.0 Å². The third-order valence-corrected chi connectivity index (χ3v) is 5.58. The Labute approximate surface area is 168 Å². The number of esters is 1. The minimum atomic E-state index is -1.21. The lowest BCUT2D eigenvalue weighted by atomic mass is 9.81. The molecule has 0 aliphatic carbocycles. The molecule has 1 aliphatic heterocycles. The van der Waals surface area contributed by atoms with E-state index in [1.807, 2.05) is 31.4 Å². The van der Waals surface area contributed by atoms with Crippen molar-refractivity contribution in [2.75, 3.05) is 12.1 Å². The van der Waals surface area contributed by atoms with Crippen molar-refractivity contribution in [3.05, 3.63) is 40.6 Å². The van der Waals surface area contributed by atoms with Crippen LogP contribution in [0.5, 0.6) is 11.5 Å². The van der Waals surface area contributed by atoms with Gasteiger partial charge in [-0.25, -0.2) is 4.79 Å². The maximum absolute atomic E-state index is 13.2. The van der Waals surface area contributed by atoms with E-state index in [9.17, 15) is 9.59 Å². The van der Waals surface area contributed by atoms with E-state index in [1.54, 1.807) is 32.0 Å². The van der Waals surface area contributed by atoms with Gasteiger partial charge in [0.1, 0.15) is 5.54 Å². The molecule has 1 aromatic heterocycles. The molecule has 0 amide bonds. The molecular formula is C21H25NO5S. The number of fused-ring (bicyclic) bond motifs is 1. The average Bonchev–Trinajstić information content (AvgIpc) is 3.31. The van der Waals surface area contributed by atoms with Crippen molar-refractivity contribution >= 4 is 28.8 Å². The first kappa shape index (κ1) is 20.2. The number of rotatable bonds is 8. The molecule has 2 aromatic rings. The second kappa shape index (κ2) is 8.22. The van der Waals surface area contributed by atoms with Gasteiger partial charge in [-0.05, 0) is 43.3 Å². The van der Waals surface area contributed by atoms with Crippen LogP contribution in [0, 0.1) is 5.92 Å². The van der Waals surface area contributed by atoms with Crippen molar-refractivity contribution in [1.82, 2.24) is 0 Å². The Hall–Kier alpha value is -2.54. The summed E-state index contributed by atoms with van der Waals surface area (Å²) in [6, 6.07) is 8.96. The number of ketones is 1. The summed E-state index contributed by atoms with van der Waals surface area (Å²) in [5.41, 5.74) is -0.545. The minimum Gasteiger partial charge on any atom is -0.461 e. The summed E-state index contributed by atoms with van der Waals surface area (Å²) in [4.78, 5) is 26.7. The monoisotopic (exact) mass is 403 g/mol. The zero-order valence-electron chi connectivity index (χ0n) is 16.5. The number of anilines is 1. The summed E-state index contributed by atoms with van der Waals surface area (Å²) in [5, 5.41) is 5.14. The Morgan fingerprint density at radius 2 is 1.93 bits per heavy atom. The van der Waals surface area contributed by atoms with E-state index < -0.39 is 11.5 Å². The van der Waals surface area contributed by atoms with Crippen LogP contribution in [0.3, 0.4) is 0 Å². The molecule has 0 fully saturated rings. The van der Waals surface area contributed by atoms with Crippen molar-refractivity contribution in [1.29, 1.82) is 0 Å². The van der Waals surface area contributed by atoms with Crippen molar-refractivity contribution in [3.63, 3.8) is 0 Å². The number of benzene rings is 1. The lowest BCUT2D eigenvalue weighted by Crippen LogP contribution is -2.53. The molecule has 150 valence electrons. The molecule has 1 atom stereocenters. The number of nitrogens with one attached hydrogen (secondary N) is 1. The van der Waals surface area contributed by atoms with Crippen LogP contribution in [0.25, 0.3) is 0 Å². The molecule has 3 rings (SSSR count). The maximum Gasteiger partial charge on any atom is 0.332 e. The summed E-state index contributed by atoms with van der Waals surface area (Å²) < 4.78 is 16.3. The quantitative estimate of drug-likeness (QED) is 0.516. The van der Waals surface area contributed by atoms with Gasteiger partial charge in [-0.3, -0.25) is 4.79 Å². The summed E-state index contributed by atoms with van der Waals surface area (Å²) in [6.45, 7) is 7.57. The number of carbonyl (C=O) groups is 2.